The van der Waals surface area contributed by atoms with E-state index in [0.29, 0.717) is 5.82 Å². The van der Waals surface area contributed by atoms with Gasteiger partial charge in [-0.2, -0.15) is 0 Å². The van der Waals surface area contributed by atoms with Crippen LogP contribution in [0.25, 0.3) is 0 Å². The molecule has 0 saturated heterocycles. The van der Waals surface area contributed by atoms with Gasteiger partial charge in [0.2, 0.25) is 0 Å². The summed E-state index contributed by atoms with van der Waals surface area (Å²) in [6.45, 7) is 0.905. The van der Waals surface area contributed by atoms with Gasteiger partial charge in [-0.15, -0.1) is 0 Å². The number of aliphatic hydroxyl groups is 3. The Morgan fingerprint density at radius 3 is 2.35 bits per heavy atom. The number of hydrogen-bond donors (Lipinski definition) is 4. The summed E-state index contributed by atoms with van der Waals surface area (Å²) < 4.78 is 0. The van der Waals surface area contributed by atoms with Crippen molar-refractivity contribution in [2.75, 3.05) is 25.1 Å². The van der Waals surface area contributed by atoms with E-state index in [1.54, 1.807) is 6.07 Å². The first-order valence-corrected chi connectivity index (χ1v) is 5.61. The largest absolute Gasteiger partial charge is 0.394 e. The molecule has 17 heavy (non-hydrogen) atoms. The van der Waals surface area contributed by atoms with Crippen LogP contribution in [0.4, 0.5) is 5.82 Å². The lowest BCUT2D eigenvalue weighted by Crippen LogP contribution is -2.49. The predicted molar refractivity (Wildman–Crippen MR) is 63.6 cm³/mol. The maximum absolute atomic E-state index is 9.18. The highest BCUT2D eigenvalue weighted by molar-refractivity contribution is 5.38. The van der Waals surface area contributed by atoms with Crippen molar-refractivity contribution in [3.63, 3.8) is 0 Å². The lowest BCUT2D eigenvalue weighted by Gasteiger charge is -2.29. The summed E-state index contributed by atoms with van der Waals surface area (Å²) in [6.07, 6.45) is 3.23. The van der Waals surface area contributed by atoms with Gasteiger partial charge in [0.25, 0.3) is 0 Å². The van der Waals surface area contributed by atoms with E-state index in [1.807, 2.05) is 0 Å². The van der Waals surface area contributed by atoms with E-state index >= 15 is 0 Å². The molecule has 0 radical (unpaired) electrons. The molecule has 0 aliphatic heterocycles. The minimum atomic E-state index is -1.15. The van der Waals surface area contributed by atoms with Gasteiger partial charge in [0, 0.05) is 11.8 Å². The second kappa shape index (κ2) is 6.48. The molecule has 1 aromatic heterocycles. The van der Waals surface area contributed by atoms with Crippen LogP contribution in [-0.4, -0.2) is 50.6 Å². The Labute approximate surface area is 100 Å². The smallest absolute Gasteiger partial charge is 0.130 e. The summed E-state index contributed by atoms with van der Waals surface area (Å²) in [5.41, 5.74) is -0.273. The van der Waals surface area contributed by atoms with Crippen molar-refractivity contribution in [3.8, 4) is 0 Å². The zero-order valence-electron chi connectivity index (χ0n) is 9.93. The number of hydrogen-bond acceptors (Lipinski definition) is 6. The third-order valence-electron chi connectivity index (χ3n) is 2.53. The highest BCUT2D eigenvalue weighted by atomic mass is 16.3. The molecule has 6 heteroatoms. The first-order chi connectivity index (χ1) is 8.19. The van der Waals surface area contributed by atoms with E-state index in [0.717, 1.165) is 18.5 Å². The number of nitrogens with zero attached hydrogens (tertiary/aromatic N) is 2. The fourth-order valence-corrected chi connectivity index (χ4v) is 1.40. The fourth-order valence-electron chi connectivity index (χ4n) is 1.40. The average Bonchev–Trinajstić information content (AvgIpc) is 2.37. The fraction of sp³-hybridized carbons (Fsp3) is 0.636. The molecule has 0 atom stereocenters. The van der Waals surface area contributed by atoms with Gasteiger partial charge in [0.05, 0.1) is 19.8 Å². The van der Waals surface area contributed by atoms with Crippen LogP contribution < -0.4 is 5.32 Å². The molecule has 0 unspecified atom stereocenters. The Bertz CT molecular complexity index is 334. The van der Waals surface area contributed by atoms with Crippen molar-refractivity contribution in [2.24, 2.45) is 0 Å². The molecular weight excluding hydrogens is 222 g/mol. The van der Waals surface area contributed by atoms with Crippen LogP contribution in [-0.2, 0) is 6.42 Å². The van der Waals surface area contributed by atoms with Crippen molar-refractivity contribution >= 4 is 5.82 Å². The van der Waals surface area contributed by atoms with E-state index in [9.17, 15) is 15.3 Å². The molecule has 1 rings (SSSR count). The Morgan fingerprint density at radius 1 is 1.18 bits per heavy atom. The van der Waals surface area contributed by atoms with E-state index in [4.69, 9.17) is 0 Å². The lowest BCUT2D eigenvalue weighted by atomic mass is 10.0. The molecule has 0 amide bonds. The zero-order valence-corrected chi connectivity index (χ0v) is 9.93. The topological polar surface area (TPSA) is 98.5 Å². The van der Waals surface area contributed by atoms with Gasteiger partial charge in [-0.3, -0.25) is 0 Å². The third-order valence-corrected chi connectivity index (χ3v) is 2.53. The standard InChI is InChI=1S/C11H19N3O3/c1-2-3-9-4-10(13-8-12-9)14-11(5-15,6-16)7-17/h4,8,15-17H,2-3,5-7H2,1H3,(H,12,13,14). The summed E-state index contributed by atoms with van der Waals surface area (Å²) in [4.78, 5) is 8.09. The van der Waals surface area contributed by atoms with E-state index in [1.165, 1.54) is 6.33 Å². The molecule has 1 aromatic rings. The molecule has 6 nitrogen and oxygen atoms in total. The van der Waals surface area contributed by atoms with Gasteiger partial charge in [-0.05, 0) is 6.42 Å². The summed E-state index contributed by atoms with van der Waals surface area (Å²) in [6, 6.07) is 1.75. The quantitative estimate of drug-likeness (QED) is 0.516. The van der Waals surface area contributed by atoms with Crippen molar-refractivity contribution in [1.82, 2.24) is 9.97 Å². The van der Waals surface area contributed by atoms with Crippen molar-refractivity contribution in [1.29, 1.82) is 0 Å². The summed E-state index contributed by atoms with van der Waals surface area (Å²) in [5, 5.41) is 30.4. The SMILES string of the molecule is CCCc1cc(NC(CO)(CO)CO)ncn1. The van der Waals surface area contributed by atoms with Crippen LogP contribution in [0.3, 0.4) is 0 Å². The molecule has 0 aliphatic carbocycles. The number of rotatable bonds is 7. The maximum Gasteiger partial charge on any atom is 0.130 e. The van der Waals surface area contributed by atoms with Crippen molar-refractivity contribution in [3.05, 3.63) is 18.1 Å². The average molecular weight is 241 g/mol. The Morgan fingerprint density at radius 2 is 1.82 bits per heavy atom. The number of aromatic nitrogens is 2. The van der Waals surface area contributed by atoms with E-state index < -0.39 is 5.54 Å². The van der Waals surface area contributed by atoms with Crippen LogP contribution >= 0.6 is 0 Å². The molecular formula is C11H19N3O3. The van der Waals surface area contributed by atoms with Gasteiger partial charge in [0.1, 0.15) is 17.7 Å². The number of aliphatic hydroxyl groups excluding tert-OH is 3. The van der Waals surface area contributed by atoms with Crippen LogP contribution in [0.15, 0.2) is 12.4 Å². The second-order valence-corrected chi connectivity index (χ2v) is 4.02. The third kappa shape index (κ3) is 3.62. The lowest BCUT2D eigenvalue weighted by molar-refractivity contribution is 0.0831. The Kier molecular flexibility index (Phi) is 5.27. The molecule has 0 bridgehead atoms. The molecule has 1 heterocycles. The second-order valence-electron chi connectivity index (χ2n) is 4.02. The molecule has 0 spiro atoms. The summed E-state index contributed by atoms with van der Waals surface area (Å²) in [7, 11) is 0. The van der Waals surface area contributed by atoms with Crippen LogP contribution in [0, 0.1) is 0 Å². The van der Waals surface area contributed by atoms with Gasteiger partial charge < -0.3 is 20.6 Å². The Balaban J connectivity index is 2.82. The number of aryl methyl sites for hydroxylation is 1. The first kappa shape index (κ1) is 13.8. The molecule has 0 aliphatic rings. The number of anilines is 1. The van der Waals surface area contributed by atoms with Crippen LogP contribution in [0.2, 0.25) is 0 Å². The van der Waals surface area contributed by atoms with Gasteiger partial charge in [-0.1, -0.05) is 13.3 Å². The maximum atomic E-state index is 9.18. The minimum absolute atomic E-state index is 0.382. The zero-order chi connectivity index (χ0) is 12.7. The first-order valence-electron chi connectivity index (χ1n) is 5.61. The highest BCUT2D eigenvalue weighted by Gasteiger charge is 2.28. The van der Waals surface area contributed by atoms with Crippen molar-refractivity contribution in [2.45, 2.75) is 25.3 Å². The van der Waals surface area contributed by atoms with Gasteiger partial charge in [-0.25, -0.2) is 9.97 Å². The molecule has 96 valence electrons. The van der Waals surface area contributed by atoms with Gasteiger partial charge >= 0.3 is 0 Å². The Hall–Kier alpha value is -1.24. The summed E-state index contributed by atoms with van der Waals surface area (Å²) >= 11 is 0. The molecule has 0 aromatic carbocycles. The molecule has 0 saturated carbocycles. The normalized spacial score (nSPS) is 11.5. The highest BCUT2D eigenvalue weighted by Crippen LogP contribution is 2.13. The van der Waals surface area contributed by atoms with E-state index in [-0.39, 0.29) is 19.8 Å². The van der Waals surface area contributed by atoms with Crippen molar-refractivity contribution < 1.29 is 15.3 Å². The van der Waals surface area contributed by atoms with E-state index in [2.05, 4.69) is 22.2 Å². The predicted octanol–water partition coefficient (Wildman–Crippen LogP) is -0.443. The molecule has 4 N–H and O–H groups in total. The molecule has 0 fully saturated rings. The monoisotopic (exact) mass is 241 g/mol. The summed E-state index contributed by atoms with van der Waals surface area (Å²) in [5.74, 6) is 0.487. The minimum Gasteiger partial charge on any atom is -0.394 e. The van der Waals surface area contributed by atoms with Crippen LogP contribution in [0.5, 0.6) is 0 Å². The van der Waals surface area contributed by atoms with Crippen LogP contribution in [0.1, 0.15) is 19.0 Å². The van der Waals surface area contributed by atoms with Gasteiger partial charge in [0.15, 0.2) is 0 Å². The number of nitrogens with one attached hydrogen (secondary N) is 1.